The maximum absolute atomic E-state index is 11.5. The zero-order valence-electron chi connectivity index (χ0n) is 32.4. The number of benzene rings is 3. The molecule has 6 rings (SSSR count). The van der Waals surface area contributed by atoms with Crippen molar-refractivity contribution < 1.29 is 120 Å². The summed E-state index contributed by atoms with van der Waals surface area (Å²) in [5.74, 6) is 0.0203. The van der Waals surface area contributed by atoms with Gasteiger partial charge in [-0.3, -0.25) is 23.9 Å². The van der Waals surface area contributed by atoms with Gasteiger partial charge in [0.25, 0.3) is 0 Å². The van der Waals surface area contributed by atoms with Gasteiger partial charge in [0.15, 0.2) is 0 Å². The van der Waals surface area contributed by atoms with Gasteiger partial charge in [0.2, 0.25) is 0 Å². The number of phosphoric acid groups is 3. The van der Waals surface area contributed by atoms with Crippen LogP contribution in [0.2, 0.25) is 0 Å². The molecule has 2 fully saturated rings. The van der Waals surface area contributed by atoms with Crippen LogP contribution in [0.4, 0.5) is 0 Å². The Labute approximate surface area is 377 Å². The first-order chi connectivity index (χ1) is 25.4. The molecule has 0 saturated heterocycles. The fraction of sp³-hybridized carbons (Fsp3) is 0.333. The zero-order chi connectivity index (χ0) is 38.3. The Bertz CT molecular complexity index is 1690. The molecule has 4 aromatic rings. The second kappa shape index (κ2) is 32.0. The molecule has 2 aliphatic carbocycles. The standard InChI is InChI=1S/C13H22N2.C12H12O7P2.C6H7O4P.C5H5N.ClH.3Li/c1-3-7-12(8-4-1)14-11-15-13-9-5-2-6-10-13;13-20(14,17-11-7-3-1-4-8-11)19-21(15,16)18-12-9-5-2-6-10-12;7-11(8,9)10-6-4-2-1-3-5-6;1-2-4-6-5-3-1;;;;/h12-13H,1-10H2;1-10H,(H,13,14)(H,15,16);1-5H,(H2,7,8,9);1-5H;1H;;;/q;;;;;3*+1/p-3. The monoisotopic (exact) mass is 843 g/mol. The van der Waals surface area contributed by atoms with Crippen molar-refractivity contribution in [1.29, 1.82) is 0 Å². The molecule has 0 spiro atoms. The Hall–Kier alpha value is -1.84. The molecule has 2 saturated carbocycles. The third-order valence-corrected chi connectivity index (χ3v) is 10.2. The Morgan fingerprint density at radius 3 is 1.14 bits per heavy atom. The summed E-state index contributed by atoms with van der Waals surface area (Å²) in [5.41, 5.74) is 0. The third-order valence-electron chi connectivity index (χ3n) is 7.28. The third kappa shape index (κ3) is 29.1. The molecule has 0 radical (unpaired) electrons. The second-order valence-corrected chi connectivity index (χ2v) is 15.6. The van der Waals surface area contributed by atoms with E-state index >= 15 is 0 Å². The quantitative estimate of drug-likeness (QED) is 0.0894. The van der Waals surface area contributed by atoms with Gasteiger partial charge in [0, 0.05) is 12.4 Å². The molecule has 2 aliphatic rings. The Morgan fingerprint density at radius 2 is 0.860 bits per heavy atom. The van der Waals surface area contributed by atoms with Crippen LogP contribution < -0.4 is 92.3 Å². The van der Waals surface area contributed by atoms with Crippen molar-refractivity contribution in [3.05, 3.63) is 122 Å². The first-order valence-corrected chi connectivity index (χ1v) is 21.5. The SMILES string of the molecule is C(=NC1CCCCC1)=NC1CCCCC1.O=P(O)(O)Oc1ccccc1.O=P([O-])(Oc1ccccc1)OP(=O)([O-])Oc1ccccc1.[Cl-].[Li+].[Li+].[Li+].c1ccncc1. The van der Waals surface area contributed by atoms with E-state index in [4.69, 9.17) is 9.79 Å². The van der Waals surface area contributed by atoms with Crippen LogP contribution >= 0.6 is 23.5 Å². The molecule has 0 aliphatic heterocycles. The summed E-state index contributed by atoms with van der Waals surface area (Å²) in [6.07, 6.45) is 16.7. The van der Waals surface area contributed by atoms with Crippen LogP contribution in [0.3, 0.4) is 0 Å². The Morgan fingerprint density at radius 1 is 0.544 bits per heavy atom. The smallest absolute Gasteiger partial charge is 1.00 e. The maximum Gasteiger partial charge on any atom is 1.00 e. The van der Waals surface area contributed by atoms with Crippen LogP contribution in [-0.2, 0) is 18.0 Å². The molecule has 0 amide bonds. The van der Waals surface area contributed by atoms with Crippen LogP contribution in [0.25, 0.3) is 0 Å². The van der Waals surface area contributed by atoms with Crippen molar-refractivity contribution in [2.45, 2.75) is 76.3 Å². The number of nitrogens with zero attached hydrogens (tertiary/aromatic N) is 3. The van der Waals surface area contributed by atoms with Crippen molar-refractivity contribution >= 4 is 29.5 Å². The van der Waals surface area contributed by atoms with Crippen LogP contribution in [0.15, 0.2) is 132 Å². The summed E-state index contributed by atoms with van der Waals surface area (Å²) in [6.45, 7) is 0. The molecule has 2 atom stereocenters. The van der Waals surface area contributed by atoms with Crippen LogP contribution in [0.5, 0.6) is 17.2 Å². The van der Waals surface area contributed by atoms with E-state index in [9.17, 15) is 23.5 Å². The summed E-state index contributed by atoms with van der Waals surface area (Å²) < 4.78 is 50.6. The summed E-state index contributed by atoms with van der Waals surface area (Å²) in [4.78, 5) is 52.5. The zero-order valence-corrected chi connectivity index (χ0v) is 35.8. The average Bonchev–Trinajstić information content (AvgIpc) is 3.14. The van der Waals surface area contributed by atoms with Crippen LogP contribution in [0, 0.1) is 0 Å². The van der Waals surface area contributed by atoms with Gasteiger partial charge in [-0.1, -0.05) is 99.2 Å². The van der Waals surface area contributed by atoms with Crippen LogP contribution in [0.1, 0.15) is 64.2 Å². The number of para-hydroxylation sites is 3. The first-order valence-electron chi connectivity index (χ1n) is 17.0. The second-order valence-electron chi connectivity index (χ2n) is 11.6. The first kappa shape index (κ1) is 57.3. The molecule has 14 nitrogen and oxygen atoms in total. The van der Waals surface area contributed by atoms with E-state index in [1.54, 1.807) is 42.7 Å². The van der Waals surface area contributed by atoms with Gasteiger partial charge in [-0.25, -0.2) is 18.9 Å². The van der Waals surface area contributed by atoms with Crippen molar-refractivity contribution in [1.82, 2.24) is 4.98 Å². The summed E-state index contributed by atoms with van der Waals surface area (Å²) in [5, 5.41) is 0. The number of aromatic nitrogens is 1. The van der Waals surface area contributed by atoms with Crippen molar-refractivity contribution in [2.24, 2.45) is 9.98 Å². The molecule has 294 valence electrons. The molecule has 21 heteroatoms. The average molecular weight is 844 g/mol. The van der Waals surface area contributed by atoms with E-state index in [1.165, 1.54) is 125 Å². The van der Waals surface area contributed by atoms with Crippen molar-refractivity contribution in [2.75, 3.05) is 0 Å². The topological polar surface area (TPSA) is 212 Å². The predicted octanol–water partition coefficient (Wildman–Crippen LogP) is -3.82. The summed E-state index contributed by atoms with van der Waals surface area (Å²) in [6, 6.07) is 32.4. The van der Waals surface area contributed by atoms with E-state index in [0.717, 1.165) is 0 Å². The van der Waals surface area contributed by atoms with Crippen molar-refractivity contribution in [3.63, 3.8) is 0 Å². The Kier molecular flexibility index (Phi) is 32.1. The summed E-state index contributed by atoms with van der Waals surface area (Å²) >= 11 is 0. The molecule has 2 unspecified atom stereocenters. The minimum atomic E-state index is -5.12. The Balaban J connectivity index is 0. The maximum atomic E-state index is 11.5. The number of pyridine rings is 1. The van der Waals surface area contributed by atoms with Gasteiger partial charge in [0.1, 0.15) is 17.2 Å². The molecule has 57 heavy (non-hydrogen) atoms. The van der Waals surface area contributed by atoms with Crippen LogP contribution in [-0.4, -0.2) is 32.9 Å². The minimum Gasteiger partial charge on any atom is -1.00 e. The van der Waals surface area contributed by atoms with E-state index in [0.29, 0.717) is 12.1 Å². The van der Waals surface area contributed by atoms with E-state index < -0.39 is 23.5 Å². The van der Waals surface area contributed by atoms with Crippen molar-refractivity contribution in [3.8, 4) is 17.2 Å². The van der Waals surface area contributed by atoms with Gasteiger partial charge in [-0.15, -0.1) is 0 Å². The van der Waals surface area contributed by atoms with Gasteiger partial charge in [0.05, 0.1) is 18.1 Å². The largest absolute Gasteiger partial charge is 1.00 e. The molecule has 2 N–H and O–H groups in total. The molecule has 1 aromatic heterocycles. The van der Waals surface area contributed by atoms with Gasteiger partial charge >= 0.3 is 80.0 Å². The minimum absolute atomic E-state index is 0. The van der Waals surface area contributed by atoms with Gasteiger partial charge in [-0.05, 0) is 74.2 Å². The number of aliphatic imine (C=N–C) groups is 2. The number of hydrogen-bond acceptors (Lipinski definition) is 12. The van der Waals surface area contributed by atoms with E-state index in [1.807, 2.05) is 18.2 Å². The number of halogens is 1. The predicted molar refractivity (Wildman–Crippen MR) is 197 cm³/mol. The van der Waals surface area contributed by atoms with E-state index in [2.05, 4.69) is 38.9 Å². The summed E-state index contributed by atoms with van der Waals surface area (Å²) in [7, 11) is -14.6. The number of hydrogen-bond donors (Lipinski definition) is 2. The molecular formula is C36H44ClLi3N3O11P3. The fourth-order valence-corrected chi connectivity index (χ4v) is 7.33. The molecule has 3 aromatic carbocycles. The van der Waals surface area contributed by atoms with Gasteiger partial charge in [-0.2, -0.15) is 0 Å². The molecule has 0 bridgehead atoms. The molecular weight excluding hydrogens is 800 g/mol. The number of phosphoric ester groups is 3. The van der Waals surface area contributed by atoms with Gasteiger partial charge < -0.3 is 35.8 Å². The van der Waals surface area contributed by atoms with E-state index in [-0.39, 0.29) is 86.2 Å². The molecule has 1 heterocycles. The normalized spacial score (nSPS) is 15.5. The fourth-order valence-electron chi connectivity index (χ4n) is 4.92. The number of rotatable bonds is 10.